The molecule has 0 aromatic heterocycles. The van der Waals surface area contributed by atoms with E-state index < -0.39 is 97.5 Å². The highest BCUT2D eigenvalue weighted by atomic mass is 31.2. The van der Waals surface area contributed by atoms with Crippen molar-refractivity contribution in [3.05, 3.63) is 85.1 Å². The molecule has 0 saturated carbocycles. The van der Waals surface area contributed by atoms with Crippen molar-refractivity contribution in [1.29, 1.82) is 0 Å². The highest BCUT2D eigenvalue weighted by Crippen LogP contribution is 2.45. The normalized spacial score (nSPS) is 14.4. The second-order valence-electron chi connectivity index (χ2n) is 25.9. The van der Waals surface area contributed by atoms with Gasteiger partial charge in [-0.2, -0.15) is 0 Å². The Labute approximate surface area is 595 Å². The van der Waals surface area contributed by atoms with Crippen molar-refractivity contribution >= 4 is 39.5 Å². The van der Waals surface area contributed by atoms with Gasteiger partial charge in [-0.1, -0.05) is 293 Å². The molecule has 17 nitrogen and oxygen atoms in total. The summed E-state index contributed by atoms with van der Waals surface area (Å²) in [5.41, 5.74) is 0. The summed E-state index contributed by atoms with van der Waals surface area (Å²) in [4.78, 5) is 72.8. The number of unbranched alkanes of at least 4 members (excludes halogenated alkanes) is 33. The SMILES string of the molecule is CC/C=C\C/C=C\C/C=C\C/C=C\CCCCCCC(=O)OCC(COP(=O)(O)OCC(O)COP(=O)(O)OCC(COC(=O)CCCCCCCC/C=C\C/C=C\C/C=C\CCCCC)OC(=O)CCCCCCCCCCCCC)OC(=O)CCCCCCCCCCCCC. The summed E-state index contributed by atoms with van der Waals surface area (Å²) in [5.74, 6) is -2.19. The van der Waals surface area contributed by atoms with Gasteiger partial charge in [0.1, 0.15) is 19.3 Å². The maximum Gasteiger partial charge on any atom is 0.472 e. The first-order chi connectivity index (χ1) is 47.7. The number of ether oxygens (including phenoxy) is 4. The highest BCUT2D eigenvalue weighted by molar-refractivity contribution is 7.47. The minimum absolute atomic E-state index is 0.0929. The molecule has 0 aromatic carbocycles. The monoisotopic (exact) mass is 1420 g/mol. The Bertz CT molecular complexity index is 2190. The van der Waals surface area contributed by atoms with E-state index in [9.17, 15) is 43.2 Å². The van der Waals surface area contributed by atoms with Gasteiger partial charge in [-0.05, 0) is 103 Å². The van der Waals surface area contributed by atoms with Crippen LogP contribution in [0.2, 0.25) is 0 Å². The number of phosphoric acid groups is 2. The number of phosphoric ester groups is 2. The molecule has 0 aliphatic rings. The number of hydrogen-bond acceptors (Lipinski definition) is 15. The van der Waals surface area contributed by atoms with Gasteiger partial charge in [-0.15, -0.1) is 0 Å². The van der Waals surface area contributed by atoms with Crippen molar-refractivity contribution in [3.63, 3.8) is 0 Å². The maximum absolute atomic E-state index is 13.1. The Balaban J connectivity index is 5.28. The molecule has 0 fully saturated rings. The van der Waals surface area contributed by atoms with Gasteiger partial charge in [0, 0.05) is 25.7 Å². The third-order valence-corrected chi connectivity index (χ3v) is 18.3. The van der Waals surface area contributed by atoms with Crippen LogP contribution in [0.5, 0.6) is 0 Å². The fourth-order valence-corrected chi connectivity index (χ4v) is 12.0. The van der Waals surface area contributed by atoms with E-state index in [1.165, 1.54) is 96.3 Å². The third-order valence-electron chi connectivity index (χ3n) is 16.4. The van der Waals surface area contributed by atoms with Crippen molar-refractivity contribution in [3.8, 4) is 0 Å². The molecular formula is C79H140O17P2. The van der Waals surface area contributed by atoms with Crippen molar-refractivity contribution in [2.24, 2.45) is 0 Å². The van der Waals surface area contributed by atoms with E-state index in [0.29, 0.717) is 25.7 Å². The highest BCUT2D eigenvalue weighted by Gasteiger charge is 2.30. The predicted octanol–water partition coefficient (Wildman–Crippen LogP) is 22.2. The Morgan fingerprint density at radius 3 is 0.837 bits per heavy atom. The van der Waals surface area contributed by atoms with Gasteiger partial charge < -0.3 is 33.8 Å². The van der Waals surface area contributed by atoms with Gasteiger partial charge >= 0.3 is 39.5 Å². The van der Waals surface area contributed by atoms with Crippen LogP contribution in [0.1, 0.15) is 336 Å². The predicted molar refractivity (Wildman–Crippen MR) is 399 cm³/mol. The molecule has 0 heterocycles. The van der Waals surface area contributed by atoms with Crippen LogP contribution in [0.25, 0.3) is 0 Å². The molecule has 0 rings (SSSR count). The molecule has 5 unspecified atom stereocenters. The van der Waals surface area contributed by atoms with Gasteiger partial charge in [-0.3, -0.25) is 37.3 Å². The van der Waals surface area contributed by atoms with E-state index in [0.717, 1.165) is 161 Å². The van der Waals surface area contributed by atoms with Crippen molar-refractivity contribution in [1.82, 2.24) is 0 Å². The van der Waals surface area contributed by atoms with E-state index in [4.69, 9.17) is 37.0 Å². The van der Waals surface area contributed by atoms with E-state index >= 15 is 0 Å². The average Bonchev–Trinajstić information content (AvgIpc) is 0.983. The molecule has 3 N–H and O–H groups in total. The van der Waals surface area contributed by atoms with Crippen LogP contribution in [0.15, 0.2) is 85.1 Å². The Morgan fingerprint density at radius 2 is 0.531 bits per heavy atom. The quantitative estimate of drug-likeness (QED) is 0.0169. The molecule has 568 valence electrons. The van der Waals surface area contributed by atoms with Crippen LogP contribution in [0, 0.1) is 0 Å². The number of carbonyl (C=O) groups excluding carboxylic acids is 4. The molecule has 98 heavy (non-hydrogen) atoms. The molecule has 0 bridgehead atoms. The Kier molecular flexibility index (Phi) is 68.9. The van der Waals surface area contributed by atoms with Gasteiger partial charge in [-0.25, -0.2) is 9.13 Å². The summed E-state index contributed by atoms with van der Waals surface area (Å²) in [6, 6.07) is 0. The molecule has 0 saturated heterocycles. The van der Waals surface area contributed by atoms with Crippen molar-refractivity contribution < 1.29 is 80.2 Å². The molecule has 0 amide bonds. The molecule has 0 aliphatic carbocycles. The van der Waals surface area contributed by atoms with Gasteiger partial charge in [0.25, 0.3) is 0 Å². The summed E-state index contributed by atoms with van der Waals surface area (Å²) in [6.07, 6.45) is 72.9. The van der Waals surface area contributed by atoms with Crippen LogP contribution in [0.4, 0.5) is 0 Å². The van der Waals surface area contributed by atoms with Crippen molar-refractivity contribution in [2.75, 3.05) is 39.6 Å². The van der Waals surface area contributed by atoms with Gasteiger partial charge in [0.15, 0.2) is 12.2 Å². The van der Waals surface area contributed by atoms with Crippen LogP contribution >= 0.6 is 15.6 Å². The number of rotatable bonds is 73. The summed E-state index contributed by atoms with van der Waals surface area (Å²) in [5, 5.41) is 10.6. The minimum Gasteiger partial charge on any atom is -0.462 e. The number of aliphatic hydroxyl groups excluding tert-OH is 1. The molecular weight excluding hydrogens is 1280 g/mol. The fourth-order valence-electron chi connectivity index (χ4n) is 10.5. The summed E-state index contributed by atoms with van der Waals surface area (Å²) < 4.78 is 68.4. The number of hydrogen-bond donors (Lipinski definition) is 3. The summed E-state index contributed by atoms with van der Waals surface area (Å²) in [7, 11) is -9.94. The summed E-state index contributed by atoms with van der Waals surface area (Å²) >= 11 is 0. The zero-order valence-corrected chi connectivity index (χ0v) is 63.7. The zero-order chi connectivity index (χ0) is 71.8. The standard InChI is InChI=1S/C79H140O17P2/c1-5-9-13-17-21-25-29-31-33-35-36-38-40-42-46-48-52-56-60-64-77(82)90-70-75(96-79(84)66-62-58-54-50-44-28-24-20-16-12-8-4)72-94-98(87,88)92-68-73(80)67-91-97(85,86)93-71-74(95-78(83)65-61-57-53-49-43-27-23-19-15-11-7-3)69-89-76(81)63-59-55-51-47-45-41-39-37-34-32-30-26-22-18-14-10-6-2/h10,14,21-22,25-26,31-34,36,38-39,41,73-75,80H,5-9,11-13,15-20,23-24,27-30,35,37,40,42-72H2,1-4H3,(H,85,86)(H,87,88)/b14-10-,25-21-,26-22-,33-31-,34-32-,38-36-,41-39-. The summed E-state index contributed by atoms with van der Waals surface area (Å²) in [6.45, 7) is 4.71. The third kappa shape index (κ3) is 70.7. The number of allylic oxidation sites excluding steroid dienone is 14. The van der Waals surface area contributed by atoms with E-state index in [2.05, 4.69) is 113 Å². The van der Waals surface area contributed by atoms with E-state index in [-0.39, 0.29) is 25.7 Å². The molecule has 0 aromatic rings. The minimum atomic E-state index is -4.97. The Morgan fingerprint density at radius 1 is 0.296 bits per heavy atom. The van der Waals surface area contributed by atoms with Gasteiger partial charge in [0.2, 0.25) is 0 Å². The van der Waals surface area contributed by atoms with Gasteiger partial charge in [0.05, 0.1) is 26.4 Å². The van der Waals surface area contributed by atoms with E-state index in [1.54, 1.807) is 0 Å². The number of carbonyl (C=O) groups is 4. The molecule has 5 atom stereocenters. The second kappa shape index (κ2) is 71.6. The van der Waals surface area contributed by atoms with Crippen molar-refractivity contribution in [2.45, 2.75) is 354 Å². The number of aliphatic hydroxyl groups is 1. The first-order valence-corrected chi connectivity index (χ1v) is 41.8. The lowest BCUT2D eigenvalue weighted by molar-refractivity contribution is -0.161. The average molecular weight is 1420 g/mol. The molecule has 0 aliphatic heterocycles. The molecule has 0 spiro atoms. The van der Waals surface area contributed by atoms with Crippen LogP contribution in [-0.2, 0) is 65.4 Å². The Hall–Kier alpha value is -3.76. The lowest BCUT2D eigenvalue weighted by atomic mass is 10.1. The smallest absolute Gasteiger partial charge is 0.462 e. The number of esters is 4. The molecule has 19 heteroatoms. The fraction of sp³-hybridized carbons (Fsp3) is 0.772. The van der Waals surface area contributed by atoms with Crippen LogP contribution in [0.3, 0.4) is 0 Å². The maximum atomic E-state index is 13.1. The van der Waals surface area contributed by atoms with E-state index in [1.807, 2.05) is 0 Å². The van der Waals surface area contributed by atoms with Crippen LogP contribution in [-0.4, -0.2) is 96.7 Å². The lowest BCUT2D eigenvalue weighted by Crippen LogP contribution is -2.30. The zero-order valence-electron chi connectivity index (χ0n) is 62.0. The first-order valence-electron chi connectivity index (χ1n) is 38.8. The lowest BCUT2D eigenvalue weighted by Gasteiger charge is -2.21. The second-order valence-corrected chi connectivity index (χ2v) is 28.8. The topological polar surface area (TPSA) is 237 Å². The van der Waals surface area contributed by atoms with Crippen LogP contribution < -0.4 is 0 Å². The molecule has 0 radical (unpaired) electrons. The largest absolute Gasteiger partial charge is 0.472 e. The first kappa shape index (κ1) is 94.2.